The summed E-state index contributed by atoms with van der Waals surface area (Å²) in [7, 11) is 1.72. The molecule has 1 unspecified atom stereocenters. The van der Waals surface area contributed by atoms with Crippen molar-refractivity contribution in [3.8, 4) is 0 Å². The third-order valence-electron chi connectivity index (χ3n) is 3.91. The minimum absolute atomic E-state index is 0.128. The van der Waals surface area contributed by atoms with Crippen LogP contribution in [0.3, 0.4) is 0 Å². The topological polar surface area (TPSA) is 57.3 Å². The summed E-state index contributed by atoms with van der Waals surface area (Å²) in [6.07, 6.45) is 5.03. The number of nitrogens with one attached hydrogen (secondary N) is 2. The van der Waals surface area contributed by atoms with Gasteiger partial charge in [0, 0.05) is 32.9 Å². The molecule has 1 amide bonds. The summed E-state index contributed by atoms with van der Waals surface area (Å²) >= 11 is 0. The number of rotatable bonds is 6. The van der Waals surface area contributed by atoms with E-state index < -0.39 is 0 Å². The van der Waals surface area contributed by atoms with Gasteiger partial charge < -0.3 is 10.6 Å². The molecule has 1 aliphatic heterocycles. The average Bonchev–Trinajstić information content (AvgIpc) is 2.53. The van der Waals surface area contributed by atoms with Gasteiger partial charge in [0.2, 0.25) is 5.91 Å². The highest BCUT2D eigenvalue weighted by Gasteiger charge is 2.24. The van der Waals surface area contributed by atoms with Crippen LogP contribution in [0.2, 0.25) is 0 Å². The summed E-state index contributed by atoms with van der Waals surface area (Å²) in [6.45, 7) is 5.88. The van der Waals surface area contributed by atoms with Crippen LogP contribution in [0.5, 0.6) is 0 Å². The number of anilines is 1. The fraction of sp³-hybridized carbons (Fsp3) is 0.625. The van der Waals surface area contributed by atoms with Gasteiger partial charge in [-0.1, -0.05) is 6.92 Å². The predicted molar refractivity (Wildman–Crippen MR) is 85.1 cm³/mol. The quantitative estimate of drug-likeness (QED) is 0.839. The van der Waals surface area contributed by atoms with Crippen molar-refractivity contribution >= 4 is 11.7 Å². The Morgan fingerprint density at radius 3 is 3.14 bits per heavy atom. The summed E-state index contributed by atoms with van der Waals surface area (Å²) in [5, 5.41) is 6.08. The number of amides is 1. The van der Waals surface area contributed by atoms with Crippen molar-refractivity contribution in [2.24, 2.45) is 5.92 Å². The van der Waals surface area contributed by atoms with E-state index in [1.54, 1.807) is 7.05 Å². The van der Waals surface area contributed by atoms with Gasteiger partial charge in [-0.15, -0.1) is 0 Å². The molecule has 0 spiro atoms. The van der Waals surface area contributed by atoms with E-state index in [1.807, 2.05) is 6.20 Å². The van der Waals surface area contributed by atoms with Gasteiger partial charge in [0.1, 0.15) is 5.82 Å². The molecule has 1 atom stereocenters. The van der Waals surface area contributed by atoms with Crippen LogP contribution in [0, 0.1) is 5.92 Å². The number of aromatic nitrogens is 1. The number of hydrogen-bond donors (Lipinski definition) is 2. The minimum Gasteiger partial charge on any atom is -0.370 e. The van der Waals surface area contributed by atoms with Crippen molar-refractivity contribution in [3.63, 3.8) is 0 Å². The Labute approximate surface area is 127 Å². The largest absolute Gasteiger partial charge is 0.370 e. The molecule has 1 saturated heterocycles. The normalized spacial score (nSPS) is 19.2. The SMILES string of the molecule is CCCNc1cc(CN2CCCC(C(=O)NC)C2)ccn1. The van der Waals surface area contributed by atoms with Crippen molar-refractivity contribution in [1.29, 1.82) is 0 Å². The number of carbonyl (C=O) groups is 1. The molecule has 116 valence electrons. The molecule has 1 aliphatic rings. The summed E-state index contributed by atoms with van der Waals surface area (Å²) in [5.41, 5.74) is 1.25. The first-order valence-electron chi connectivity index (χ1n) is 7.85. The molecule has 1 fully saturated rings. The zero-order valence-corrected chi connectivity index (χ0v) is 13.1. The third-order valence-corrected chi connectivity index (χ3v) is 3.91. The van der Waals surface area contributed by atoms with E-state index in [-0.39, 0.29) is 11.8 Å². The van der Waals surface area contributed by atoms with Gasteiger partial charge in [-0.05, 0) is 43.5 Å². The Kier molecular flexibility index (Phi) is 5.99. The molecule has 2 rings (SSSR count). The van der Waals surface area contributed by atoms with Crippen molar-refractivity contribution in [2.75, 3.05) is 32.0 Å². The van der Waals surface area contributed by atoms with Crippen molar-refractivity contribution in [3.05, 3.63) is 23.9 Å². The fourth-order valence-electron chi connectivity index (χ4n) is 2.80. The van der Waals surface area contributed by atoms with Gasteiger partial charge in [-0.3, -0.25) is 9.69 Å². The first-order valence-corrected chi connectivity index (χ1v) is 7.85. The zero-order chi connectivity index (χ0) is 15.1. The lowest BCUT2D eigenvalue weighted by atomic mass is 9.97. The molecule has 0 aromatic carbocycles. The van der Waals surface area contributed by atoms with E-state index in [9.17, 15) is 4.79 Å². The standard InChI is InChI=1S/C16H26N4O/c1-3-7-18-15-10-13(6-8-19-15)11-20-9-4-5-14(12-20)16(21)17-2/h6,8,10,14H,3-5,7,9,11-12H2,1-2H3,(H,17,21)(H,18,19). The predicted octanol–water partition coefficient (Wildman–Crippen LogP) is 1.86. The molecule has 0 aliphatic carbocycles. The van der Waals surface area contributed by atoms with Crippen LogP contribution < -0.4 is 10.6 Å². The summed E-state index contributed by atoms with van der Waals surface area (Å²) < 4.78 is 0. The molecule has 1 aromatic rings. The molecule has 1 aromatic heterocycles. The van der Waals surface area contributed by atoms with E-state index >= 15 is 0 Å². The van der Waals surface area contributed by atoms with Crippen LogP contribution >= 0.6 is 0 Å². The minimum atomic E-state index is 0.128. The van der Waals surface area contributed by atoms with Crippen LogP contribution in [0.25, 0.3) is 0 Å². The molecular weight excluding hydrogens is 264 g/mol. The molecule has 0 saturated carbocycles. The molecule has 5 nitrogen and oxygen atoms in total. The monoisotopic (exact) mass is 290 g/mol. The Morgan fingerprint density at radius 2 is 2.38 bits per heavy atom. The maximum atomic E-state index is 11.8. The molecule has 5 heteroatoms. The second kappa shape index (κ2) is 7.98. The van der Waals surface area contributed by atoms with E-state index in [0.717, 1.165) is 51.3 Å². The van der Waals surface area contributed by atoms with Crippen molar-refractivity contribution in [2.45, 2.75) is 32.7 Å². The maximum absolute atomic E-state index is 11.8. The second-order valence-corrected chi connectivity index (χ2v) is 5.66. The Balaban J connectivity index is 1.93. The molecular formula is C16H26N4O. The summed E-state index contributed by atoms with van der Waals surface area (Å²) in [6, 6.07) is 4.17. The van der Waals surface area contributed by atoms with Gasteiger partial charge >= 0.3 is 0 Å². The lowest BCUT2D eigenvalue weighted by Gasteiger charge is -2.31. The Morgan fingerprint density at radius 1 is 1.52 bits per heavy atom. The number of pyridine rings is 1. The number of piperidine rings is 1. The smallest absolute Gasteiger partial charge is 0.224 e. The van der Waals surface area contributed by atoms with Gasteiger partial charge in [0.15, 0.2) is 0 Å². The molecule has 0 radical (unpaired) electrons. The van der Waals surface area contributed by atoms with Gasteiger partial charge in [0.25, 0.3) is 0 Å². The summed E-state index contributed by atoms with van der Waals surface area (Å²) in [5.74, 6) is 1.23. The van der Waals surface area contributed by atoms with Crippen molar-refractivity contribution < 1.29 is 4.79 Å². The van der Waals surface area contributed by atoms with E-state index in [1.165, 1.54) is 5.56 Å². The van der Waals surface area contributed by atoms with Crippen LogP contribution in [-0.2, 0) is 11.3 Å². The number of hydrogen-bond acceptors (Lipinski definition) is 4. The lowest BCUT2D eigenvalue weighted by Crippen LogP contribution is -2.41. The van der Waals surface area contributed by atoms with E-state index in [0.29, 0.717) is 0 Å². The van der Waals surface area contributed by atoms with Gasteiger partial charge in [-0.25, -0.2) is 4.98 Å². The second-order valence-electron chi connectivity index (χ2n) is 5.66. The maximum Gasteiger partial charge on any atom is 0.224 e. The number of carbonyl (C=O) groups excluding carboxylic acids is 1. The number of likely N-dealkylation sites (tertiary alicyclic amines) is 1. The van der Waals surface area contributed by atoms with Gasteiger partial charge in [0.05, 0.1) is 5.92 Å². The highest BCUT2D eigenvalue weighted by molar-refractivity contribution is 5.78. The van der Waals surface area contributed by atoms with Crippen molar-refractivity contribution in [1.82, 2.24) is 15.2 Å². The molecule has 2 heterocycles. The first-order chi connectivity index (χ1) is 10.2. The van der Waals surface area contributed by atoms with Crippen LogP contribution in [0.4, 0.5) is 5.82 Å². The zero-order valence-electron chi connectivity index (χ0n) is 13.1. The van der Waals surface area contributed by atoms with Crippen LogP contribution in [0.15, 0.2) is 18.3 Å². The van der Waals surface area contributed by atoms with Crippen LogP contribution in [0.1, 0.15) is 31.7 Å². The van der Waals surface area contributed by atoms with Gasteiger partial charge in [-0.2, -0.15) is 0 Å². The Bertz CT molecular complexity index is 463. The highest BCUT2D eigenvalue weighted by atomic mass is 16.1. The first kappa shape index (κ1) is 15.8. The lowest BCUT2D eigenvalue weighted by molar-refractivity contribution is -0.126. The van der Waals surface area contributed by atoms with Crippen LogP contribution in [-0.4, -0.2) is 42.5 Å². The molecule has 0 bridgehead atoms. The Hall–Kier alpha value is -1.62. The average molecular weight is 290 g/mol. The van der Waals surface area contributed by atoms with E-state index in [4.69, 9.17) is 0 Å². The molecule has 2 N–H and O–H groups in total. The summed E-state index contributed by atoms with van der Waals surface area (Å²) in [4.78, 5) is 18.5. The highest BCUT2D eigenvalue weighted by Crippen LogP contribution is 2.19. The number of nitrogens with zero attached hydrogens (tertiary/aromatic N) is 2. The third kappa shape index (κ3) is 4.70. The molecule has 21 heavy (non-hydrogen) atoms. The fourth-order valence-corrected chi connectivity index (χ4v) is 2.80. The van der Waals surface area contributed by atoms with E-state index in [2.05, 4.69) is 39.6 Å².